The van der Waals surface area contributed by atoms with Crippen LogP contribution in [0.5, 0.6) is 0 Å². The van der Waals surface area contributed by atoms with E-state index in [0.717, 1.165) is 36.1 Å². The molecule has 0 radical (unpaired) electrons. The van der Waals surface area contributed by atoms with Crippen LogP contribution in [0.4, 0.5) is 11.4 Å². The van der Waals surface area contributed by atoms with Gasteiger partial charge in [-0.05, 0) is 54.4 Å². The first kappa shape index (κ1) is 22.8. The van der Waals surface area contributed by atoms with Gasteiger partial charge in [0.15, 0.2) is 0 Å². The predicted octanol–water partition coefficient (Wildman–Crippen LogP) is 5.35. The summed E-state index contributed by atoms with van der Waals surface area (Å²) in [6.45, 7) is 4.11. The third-order valence-corrected chi connectivity index (χ3v) is 10.8. The molecular formula is C26H26Br2N2O3. The second kappa shape index (κ2) is 8.66. The Balaban J connectivity index is 1.49. The monoisotopic (exact) mass is 572 g/mol. The van der Waals surface area contributed by atoms with Crippen molar-refractivity contribution in [1.82, 2.24) is 0 Å². The fourth-order valence-electron chi connectivity index (χ4n) is 6.03. The van der Waals surface area contributed by atoms with E-state index in [1.165, 1.54) is 4.90 Å². The maximum atomic E-state index is 13.5. The van der Waals surface area contributed by atoms with Gasteiger partial charge in [-0.25, -0.2) is 4.90 Å². The van der Waals surface area contributed by atoms with Gasteiger partial charge < -0.3 is 5.32 Å². The number of carbonyl (C=O) groups excluding carboxylic acids is 3. The van der Waals surface area contributed by atoms with E-state index in [1.54, 1.807) is 24.3 Å². The second-order valence-corrected chi connectivity index (χ2v) is 11.3. The number of nitrogens with one attached hydrogen (secondary N) is 1. The van der Waals surface area contributed by atoms with Crippen LogP contribution in [0.3, 0.4) is 0 Å². The van der Waals surface area contributed by atoms with Crippen molar-refractivity contribution in [3.8, 4) is 0 Å². The summed E-state index contributed by atoms with van der Waals surface area (Å²) in [6.07, 6.45) is 2.46. The molecule has 172 valence electrons. The average molecular weight is 574 g/mol. The molecule has 1 heterocycles. The number of para-hydroxylation sites is 2. The van der Waals surface area contributed by atoms with Gasteiger partial charge in [0.2, 0.25) is 11.8 Å². The number of anilines is 2. The molecule has 2 bridgehead atoms. The molecule has 3 aliphatic rings. The van der Waals surface area contributed by atoms with Crippen LogP contribution in [-0.2, 0) is 22.4 Å². The number of carbonyl (C=O) groups is 3. The minimum Gasteiger partial charge on any atom is -0.321 e. The lowest BCUT2D eigenvalue weighted by Crippen LogP contribution is -2.37. The summed E-state index contributed by atoms with van der Waals surface area (Å²) in [5, 5.41) is 3.08. The number of halogens is 2. The summed E-state index contributed by atoms with van der Waals surface area (Å²) in [4.78, 5) is 42.1. The molecule has 1 aliphatic heterocycles. The lowest BCUT2D eigenvalue weighted by atomic mass is 9.81. The molecule has 3 fully saturated rings. The van der Waals surface area contributed by atoms with Crippen molar-refractivity contribution in [3.63, 3.8) is 0 Å². The molecule has 0 aromatic heterocycles. The Morgan fingerprint density at radius 2 is 1.45 bits per heavy atom. The number of fused-ring (bicyclic) bond motifs is 5. The van der Waals surface area contributed by atoms with E-state index in [4.69, 9.17) is 0 Å². The molecule has 5 rings (SSSR count). The van der Waals surface area contributed by atoms with E-state index >= 15 is 0 Å². The molecular weight excluding hydrogens is 548 g/mol. The van der Waals surface area contributed by atoms with Gasteiger partial charge in [-0.2, -0.15) is 0 Å². The van der Waals surface area contributed by atoms with E-state index in [2.05, 4.69) is 51.0 Å². The van der Waals surface area contributed by atoms with Crippen LogP contribution in [0.15, 0.2) is 42.5 Å². The lowest BCUT2D eigenvalue weighted by molar-refractivity contribution is -0.123. The third-order valence-electron chi connectivity index (χ3n) is 7.61. The molecule has 0 spiro atoms. The highest BCUT2D eigenvalue weighted by atomic mass is 79.9. The van der Waals surface area contributed by atoms with Crippen LogP contribution >= 0.6 is 31.9 Å². The maximum absolute atomic E-state index is 13.5. The van der Waals surface area contributed by atoms with E-state index in [0.29, 0.717) is 11.3 Å². The third kappa shape index (κ3) is 3.42. The zero-order valence-electron chi connectivity index (χ0n) is 18.6. The van der Waals surface area contributed by atoms with Gasteiger partial charge in [0, 0.05) is 15.3 Å². The summed E-state index contributed by atoms with van der Waals surface area (Å²) in [5.41, 5.74) is 3.66. The van der Waals surface area contributed by atoms with Gasteiger partial charge in [0.25, 0.3) is 5.91 Å². The summed E-state index contributed by atoms with van der Waals surface area (Å²) < 4.78 is 0. The Morgan fingerprint density at radius 3 is 2.00 bits per heavy atom. The average Bonchev–Trinajstić information content (AvgIpc) is 3.44. The summed E-state index contributed by atoms with van der Waals surface area (Å²) in [5.74, 6) is -1.02. The number of nitrogens with zero attached hydrogens (tertiary/aromatic N) is 1. The number of rotatable bonds is 5. The lowest BCUT2D eigenvalue weighted by Gasteiger charge is -2.28. The number of imide groups is 1. The number of hydrogen-bond acceptors (Lipinski definition) is 3. The topological polar surface area (TPSA) is 66.5 Å². The fraction of sp³-hybridized carbons (Fsp3) is 0.423. The summed E-state index contributed by atoms with van der Waals surface area (Å²) in [7, 11) is 0. The van der Waals surface area contributed by atoms with Gasteiger partial charge in [-0.1, -0.05) is 76.0 Å². The van der Waals surface area contributed by atoms with Crippen LogP contribution in [0.1, 0.15) is 41.8 Å². The van der Waals surface area contributed by atoms with Gasteiger partial charge in [0.1, 0.15) is 0 Å². The van der Waals surface area contributed by atoms with Crippen LogP contribution in [-0.4, -0.2) is 27.4 Å². The highest BCUT2D eigenvalue weighted by Crippen LogP contribution is 2.60. The number of alkyl halides is 2. The zero-order valence-corrected chi connectivity index (χ0v) is 21.7. The standard InChI is InChI=1S/C26H26Br2N2O3/c1-3-13-8-7-9-14(4-2)23(13)29-24(31)15-10-5-6-11-18(15)30-25(32)19-16-12-17(20(19)26(30)33)22(28)21(16)27/h5-11,16-17,19-22H,3-4,12H2,1-2H3,(H,29,31)/t16-,17-,19-,20+,21+,22+/m1/s1. The van der Waals surface area contributed by atoms with E-state index in [-0.39, 0.29) is 51.0 Å². The zero-order chi connectivity index (χ0) is 23.4. The molecule has 5 nitrogen and oxygen atoms in total. The molecule has 3 amide bonds. The van der Waals surface area contributed by atoms with Crippen LogP contribution in [0.25, 0.3) is 0 Å². The highest BCUT2D eigenvalue weighted by Gasteiger charge is 2.66. The number of amides is 3. The van der Waals surface area contributed by atoms with E-state index < -0.39 is 0 Å². The van der Waals surface area contributed by atoms with Crippen LogP contribution < -0.4 is 10.2 Å². The van der Waals surface area contributed by atoms with Gasteiger partial charge in [-0.3, -0.25) is 14.4 Å². The number of hydrogen-bond donors (Lipinski definition) is 1. The molecule has 2 aromatic carbocycles. The number of aryl methyl sites for hydroxylation is 2. The van der Waals surface area contributed by atoms with Crippen molar-refractivity contribution >= 4 is 61.0 Å². The molecule has 1 N–H and O–H groups in total. The largest absolute Gasteiger partial charge is 0.321 e. The summed E-state index contributed by atoms with van der Waals surface area (Å²) >= 11 is 7.46. The number of benzene rings is 2. The second-order valence-electron chi connectivity index (χ2n) is 9.15. The Bertz CT molecular complexity index is 1100. The molecule has 2 aliphatic carbocycles. The molecule has 6 atom stereocenters. The Labute approximate surface area is 210 Å². The van der Waals surface area contributed by atoms with E-state index in [9.17, 15) is 14.4 Å². The fourth-order valence-corrected chi connectivity index (χ4v) is 7.90. The quantitative estimate of drug-likeness (QED) is 0.387. The molecule has 33 heavy (non-hydrogen) atoms. The molecule has 0 unspecified atom stereocenters. The van der Waals surface area contributed by atoms with E-state index in [1.807, 2.05) is 18.2 Å². The Kier molecular flexibility index (Phi) is 5.98. The first-order valence-electron chi connectivity index (χ1n) is 11.6. The van der Waals surface area contributed by atoms with Gasteiger partial charge in [-0.15, -0.1) is 0 Å². The maximum Gasteiger partial charge on any atom is 0.257 e. The van der Waals surface area contributed by atoms with Crippen molar-refractivity contribution < 1.29 is 14.4 Å². The van der Waals surface area contributed by atoms with Crippen molar-refractivity contribution in [2.24, 2.45) is 23.7 Å². The van der Waals surface area contributed by atoms with Crippen molar-refractivity contribution in [3.05, 3.63) is 59.2 Å². The minimum atomic E-state index is -0.315. The SMILES string of the molecule is CCc1cccc(CC)c1NC(=O)c1ccccc1N1C(=O)[C@@H]2[C@H]3C[C@@H]([C@H](Br)[C@H]3Br)[C@@H]2C1=O. The van der Waals surface area contributed by atoms with Gasteiger partial charge >= 0.3 is 0 Å². The smallest absolute Gasteiger partial charge is 0.257 e. The Morgan fingerprint density at radius 1 is 0.909 bits per heavy atom. The van der Waals surface area contributed by atoms with Crippen LogP contribution in [0.2, 0.25) is 0 Å². The van der Waals surface area contributed by atoms with Crippen molar-refractivity contribution in [2.45, 2.75) is 42.8 Å². The predicted molar refractivity (Wildman–Crippen MR) is 136 cm³/mol. The van der Waals surface area contributed by atoms with Gasteiger partial charge in [0.05, 0.1) is 23.1 Å². The molecule has 1 saturated heterocycles. The normalized spacial score (nSPS) is 30.1. The van der Waals surface area contributed by atoms with Crippen molar-refractivity contribution in [2.75, 3.05) is 10.2 Å². The summed E-state index contributed by atoms with van der Waals surface area (Å²) in [6, 6.07) is 13.0. The van der Waals surface area contributed by atoms with Crippen molar-refractivity contribution in [1.29, 1.82) is 0 Å². The first-order valence-corrected chi connectivity index (χ1v) is 13.4. The molecule has 2 aromatic rings. The first-order chi connectivity index (χ1) is 15.9. The molecule has 2 saturated carbocycles. The van der Waals surface area contributed by atoms with Crippen LogP contribution in [0, 0.1) is 23.7 Å². The Hall–Kier alpha value is -1.99. The minimum absolute atomic E-state index is 0.135. The highest BCUT2D eigenvalue weighted by molar-refractivity contribution is 9.12. The molecule has 7 heteroatoms.